The Hall–Kier alpha value is -2.60. The van der Waals surface area contributed by atoms with Crippen molar-refractivity contribution in [3.63, 3.8) is 0 Å². The van der Waals surface area contributed by atoms with E-state index in [2.05, 4.69) is 10.3 Å². The molecule has 0 aliphatic carbocycles. The molecule has 0 saturated carbocycles. The number of aromatic nitrogens is 1. The van der Waals surface area contributed by atoms with Gasteiger partial charge < -0.3 is 5.32 Å². The van der Waals surface area contributed by atoms with Gasteiger partial charge in [0.2, 0.25) is 5.91 Å². The molecule has 1 N–H and O–H groups in total. The molecule has 6 heteroatoms. The third-order valence-electron chi connectivity index (χ3n) is 3.62. The smallest absolute Gasteiger partial charge is 0.224 e. The Labute approximate surface area is 148 Å². The van der Waals surface area contributed by atoms with E-state index in [0.717, 1.165) is 21.8 Å². The Morgan fingerprint density at radius 1 is 1.00 bits per heavy atom. The maximum atomic E-state index is 13.0. The number of thiazole rings is 1. The third-order valence-corrected chi connectivity index (χ3v) is 4.56. The van der Waals surface area contributed by atoms with Gasteiger partial charge in [-0.25, -0.2) is 13.8 Å². The molecule has 0 aliphatic heterocycles. The molecule has 0 radical (unpaired) electrons. The molecule has 1 heterocycles. The monoisotopic (exact) mass is 358 g/mol. The summed E-state index contributed by atoms with van der Waals surface area (Å²) in [4.78, 5) is 16.4. The average molecular weight is 358 g/mol. The Bertz CT molecular complexity index is 845. The van der Waals surface area contributed by atoms with Crippen molar-refractivity contribution in [2.24, 2.45) is 0 Å². The van der Waals surface area contributed by atoms with Gasteiger partial charge in [0.15, 0.2) is 0 Å². The molecule has 3 aromatic rings. The average Bonchev–Trinajstić information content (AvgIpc) is 3.06. The van der Waals surface area contributed by atoms with E-state index in [1.54, 1.807) is 24.3 Å². The van der Waals surface area contributed by atoms with Crippen LogP contribution < -0.4 is 5.32 Å². The molecular weight excluding hydrogens is 342 g/mol. The van der Waals surface area contributed by atoms with Crippen LogP contribution in [0.5, 0.6) is 0 Å². The second kappa shape index (κ2) is 7.98. The van der Waals surface area contributed by atoms with Gasteiger partial charge in [-0.15, -0.1) is 11.3 Å². The highest BCUT2D eigenvalue weighted by Crippen LogP contribution is 2.23. The lowest BCUT2D eigenvalue weighted by molar-refractivity contribution is -0.120. The number of amides is 1. The lowest BCUT2D eigenvalue weighted by Crippen LogP contribution is -2.27. The molecule has 3 nitrogen and oxygen atoms in total. The minimum Gasteiger partial charge on any atom is -0.355 e. The topological polar surface area (TPSA) is 42.0 Å². The number of benzene rings is 2. The summed E-state index contributed by atoms with van der Waals surface area (Å²) in [6, 6.07) is 12.1. The van der Waals surface area contributed by atoms with Crippen molar-refractivity contribution in [1.82, 2.24) is 10.3 Å². The zero-order valence-electron chi connectivity index (χ0n) is 13.3. The SMILES string of the molecule is O=C(Cc1ccc(F)cc1)NCCc1csc(-c2ccc(F)cc2)n1. The molecular formula is C19H16F2N2OS. The van der Waals surface area contributed by atoms with Gasteiger partial charge >= 0.3 is 0 Å². The second-order valence-corrected chi connectivity index (χ2v) is 6.41. The van der Waals surface area contributed by atoms with Crippen molar-refractivity contribution in [2.45, 2.75) is 12.8 Å². The first-order valence-electron chi connectivity index (χ1n) is 7.81. The molecule has 1 amide bonds. The van der Waals surface area contributed by atoms with Gasteiger partial charge in [0.1, 0.15) is 16.6 Å². The van der Waals surface area contributed by atoms with Crippen molar-refractivity contribution in [3.8, 4) is 10.6 Å². The highest BCUT2D eigenvalue weighted by Gasteiger charge is 2.07. The number of hydrogen-bond acceptors (Lipinski definition) is 3. The van der Waals surface area contributed by atoms with Crippen molar-refractivity contribution < 1.29 is 13.6 Å². The predicted molar refractivity (Wildman–Crippen MR) is 94.3 cm³/mol. The number of halogens is 2. The normalized spacial score (nSPS) is 10.6. The van der Waals surface area contributed by atoms with Crippen LogP contribution in [0.4, 0.5) is 8.78 Å². The predicted octanol–water partition coefficient (Wildman–Crippen LogP) is 3.99. The summed E-state index contributed by atoms with van der Waals surface area (Å²) in [5, 5.41) is 5.59. The van der Waals surface area contributed by atoms with E-state index in [0.29, 0.717) is 13.0 Å². The number of carbonyl (C=O) groups is 1. The lowest BCUT2D eigenvalue weighted by atomic mass is 10.1. The largest absolute Gasteiger partial charge is 0.355 e. The first-order chi connectivity index (χ1) is 12.1. The van der Waals surface area contributed by atoms with Crippen molar-refractivity contribution in [1.29, 1.82) is 0 Å². The Morgan fingerprint density at radius 3 is 2.32 bits per heavy atom. The van der Waals surface area contributed by atoms with Crippen LogP contribution in [0.15, 0.2) is 53.9 Å². The zero-order valence-corrected chi connectivity index (χ0v) is 14.2. The Kier molecular flexibility index (Phi) is 5.50. The number of carbonyl (C=O) groups excluding carboxylic acids is 1. The van der Waals surface area contributed by atoms with E-state index in [4.69, 9.17) is 0 Å². The summed E-state index contributed by atoms with van der Waals surface area (Å²) in [6.45, 7) is 0.479. The van der Waals surface area contributed by atoms with E-state index in [9.17, 15) is 13.6 Å². The van der Waals surface area contributed by atoms with E-state index < -0.39 is 0 Å². The Morgan fingerprint density at radius 2 is 1.64 bits per heavy atom. The molecule has 2 aromatic carbocycles. The van der Waals surface area contributed by atoms with Crippen LogP contribution in [-0.2, 0) is 17.6 Å². The maximum absolute atomic E-state index is 13.0. The van der Waals surface area contributed by atoms with Crippen LogP contribution in [0, 0.1) is 11.6 Å². The van der Waals surface area contributed by atoms with Gasteiger partial charge in [-0.1, -0.05) is 12.1 Å². The minimum atomic E-state index is -0.315. The molecule has 0 bridgehead atoms. The maximum Gasteiger partial charge on any atom is 0.224 e. The van der Waals surface area contributed by atoms with Gasteiger partial charge in [0.05, 0.1) is 12.1 Å². The summed E-state index contributed by atoms with van der Waals surface area (Å²) in [5.41, 5.74) is 2.52. The fourth-order valence-electron chi connectivity index (χ4n) is 2.33. The summed E-state index contributed by atoms with van der Waals surface area (Å²) in [5.74, 6) is -0.699. The third kappa shape index (κ3) is 4.93. The van der Waals surface area contributed by atoms with Crippen LogP contribution in [0.2, 0.25) is 0 Å². The van der Waals surface area contributed by atoms with Crippen LogP contribution in [0.25, 0.3) is 10.6 Å². The lowest BCUT2D eigenvalue weighted by Gasteiger charge is -2.04. The number of nitrogens with zero attached hydrogens (tertiary/aromatic N) is 1. The fraction of sp³-hybridized carbons (Fsp3) is 0.158. The standard InChI is InChI=1S/C19H16F2N2OS/c20-15-5-1-13(2-6-15)11-18(24)22-10-9-17-12-25-19(23-17)14-3-7-16(21)8-4-14/h1-8,12H,9-11H2,(H,22,24). The van der Waals surface area contributed by atoms with Gasteiger partial charge in [0.25, 0.3) is 0 Å². The van der Waals surface area contributed by atoms with Crippen LogP contribution in [0.1, 0.15) is 11.3 Å². The molecule has 0 unspecified atom stereocenters. The molecule has 128 valence electrons. The fourth-order valence-corrected chi connectivity index (χ4v) is 3.19. The van der Waals surface area contributed by atoms with Gasteiger partial charge in [-0.2, -0.15) is 0 Å². The zero-order chi connectivity index (χ0) is 17.6. The molecule has 0 saturated heterocycles. The number of nitrogens with one attached hydrogen (secondary N) is 1. The first-order valence-corrected chi connectivity index (χ1v) is 8.69. The second-order valence-electron chi connectivity index (χ2n) is 5.55. The number of hydrogen-bond donors (Lipinski definition) is 1. The van der Waals surface area contributed by atoms with Crippen molar-refractivity contribution in [2.75, 3.05) is 6.54 Å². The van der Waals surface area contributed by atoms with Gasteiger partial charge in [0, 0.05) is 23.9 Å². The highest BCUT2D eigenvalue weighted by molar-refractivity contribution is 7.13. The molecule has 25 heavy (non-hydrogen) atoms. The quantitative estimate of drug-likeness (QED) is 0.724. The Balaban J connectivity index is 1.48. The molecule has 0 fully saturated rings. The molecule has 3 rings (SSSR count). The summed E-state index contributed by atoms with van der Waals surface area (Å²) >= 11 is 1.49. The van der Waals surface area contributed by atoms with E-state index >= 15 is 0 Å². The minimum absolute atomic E-state index is 0.111. The van der Waals surface area contributed by atoms with Crippen molar-refractivity contribution >= 4 is 17.2 Å². The van der Waals surface area contributed by atoms with Gasteiger partial charge in [-0.05, 0) is 42.0 Å². The molecule has 0 atom stereocenters. The summed E-state index contributed by atoms with van der Waals surface area (Å²) in [6.07, 6.45) is 0.838. The first kappa shape index (κ1) is 17.2. The molecule has 1 aromatic heterocycles. The van der Waals surface area contributed by atoms with Crippen LogP contribution in [0.3, 0.4) is 0 Å². The van der Waals surface area contributed by atoms with E-state index in [-0.39, 0.29) is 24.0 Å². The van der Waals surface area contributed by atoms with Gasteiger partial charge in [-0.3, -0.25) is 4.79 Å². The van der Waals surface area contributed by atoms with Crippen molar-refractivity contribution in [3.05, 3.63) is 76.8 Å². The summed E-state index contributed by atoms with van der Waals surface area (Å²) in [7, 11) is 0. The van der Waals surface area contributed by atoms with Crippen LogP contribution >= 0.6 is 11.3 Å². The highest BCUT2D eigenvalue weighted by atomic mass is 32.1. The summed E-state index contributed by atoms with van der Waals surface area (Å²) < 4.78 is 25.8. The van der Waals surface area contributed by atoms with E-state index in [1.807, 2.05) is 5.38 Å². The van der Waals surface area contributed by atoms with E-state index in [1.165, 1.54) is 35.6 Å². The molecule has 0 spiro atoms. The molecule has 0 aliphatic rings. The van der Waals surface area contributed by atoms with Crippen LogP contribution in [-0.4, -0.2) is 17.4 Å². The number of rotatable bonds is 6.